The van der Waals surface area contributed by atoms with Gasteiger partial charge in [0, 0.05) is 5.41 Å². The van der Waals surface area contributed by atoms with Gasteiger partial charge in [0.15, 0.2) is 9.84 Å². The van der Waals surface area contributed by atoms with Gasteiger partial charge in [-0.25, -0.2) is 8.42 Å². The Morgan fingerprint density at radius 3 is 2.00 bits per heavy atom. The zero-order valence-electron chi connectivity index (χ0n) is 5.53. The number of allylic oxidation sites excluding steroid dienone is 1. The van der Waals surface area contributed by atoms with E-state index in [4.69, 9.17) is 0 Å². The van der Waals surface area contributed by atoms with Crippen molar-refractivity contribution >= 4 is 9.84 Å². The van der Waals surface area contributed by atoms with Crippen molar-refractivity contribution in [1.82, 2.24) is 0 Å². The van der Waals surface area contributed by atoms with Crippen LogP contribution in [0.2, 0.25) is 0 Å². The van der Waals surface area contributed by atoms with Gasteiger partial charge in [0.05, 0.1) is 5.25 Å². The van der Waals surface area contributed by atoms with E-state index < -0.39 is 9.84 Å². The van der Waals surface area contributed by atoms with E-state index in [-0.39, 0.29) is 11.2 Å². The average molecular weight is 146 g/mol. The first-order valence-electron chi connectivity index (χ1n) is 2.96. The molecule has 52 valence electrons. The minimum absolute atomic E-state index is 0.190. The Bertz CT molecular complexity index is 225. The minimum Gasteiger partial charge on any atom is -0.224 e. The second-order valence-electron chi connectivity index (χ2n) is 2.48. The predicted octanol–water partition coefficient (Wildman–Crippen LogP) is 0.953. The van der Waals surface area contributed by atoms with E-state index in [0.717, 1.165) is 0 Å². The lowest BCUT2D eigenvalue weighted by atomic mass is 10.1. The molecule has 1 heterocycles. The van der Waals surface area contributed by atoms with Gasteiger partial charge in [-0.1, -0.05) is 13.0 Å². The quantitative estimate of drug-likeness (QED) is 0.510. The van der Waals surface area contributed by atoms with Gasteiger partial charge in [0.25, 0.3) is 0 Å². The molecule has 0 radical (unpaired) electrons. The van der Waals surface area contributed by atoms with Crippen molar-refractivity contribution in [3.05, 3.63) is 11.5 Å². The molecule has 0 aliphatic carbocycles. The van der Waals surface area contributed by atoms with Crippen molar-refractivity contribution < 1.29 is 8.42 Å². The van der Waals surface area contributed by atoms with Gasteiger partial charge in [-0.2, -0.15) is 0 Å². The van der Waals surface area contributed by atoms with E-state index in [9.17, 15) is 8.42 Å². The monoisotopic (exact) mass is 146 g/mol. The van der Waals surface area contributed by atoms with E-state index in [1.54, 1.807) is 13.0 Å². The summed E-state index contributed by atoms with van der Waals surface area (Å²) in [6.45, 7) is 3.64. The summed E-state index contributed by atoms with van der Waals surface area (Å²) >= 11 is 0. The van der Waals surface area contributed by atoms with Crippen LogP contribution in [0.1, 0.15) is 13.8 Å². The van der Waals surface area contributed by atoms with Crippen LogP contribution in [0.3, 0.4) is 0 Å². The third kappa shape index (κ3) is 1.01. The van der Waals surface area contributed by atoms with Gasteiger partial charge in [-0.3, -0.25) is 0 Å². The fourth-order valence-corrected chi connectivity index (χ4v) is 2.22. The molecule has 0 aromatic rings. The molecule has 0 spiro atoms. The van der Waals surface area contributed by atoms with Gasteiger partial charge < -0.3 is 0 Å². The highest BCUT2D eigenvalue weighted by molar-refractivity contribution is 7.95. The Hall–Kier alpha value is -0.310. The van der Waals surface area contributed by atoms with Crippen LogP contribution in [-0.2, 0) is 9.84 Å². The van der Waals surface area contributed by atoms with Crippen LogP contribution in [0.5, 0.6) is 0 Å². The molecule has 0 N–H and O–H groups in total. The third-order valence-electron chi connectivity index (χ3n) is 1.83. The summed E-state index contributed by atoms with van der Waals surface area (Å²) in [5.74, 6) is 0.190. The first-order valence-corrected chi connectivity index (χ1v) is 4.57. The van der Waals surface area contributed by atoms with Crippen LogP contribution in [0, 0.1) is 5.92 Å². The molecule has 0 saturated carbocycles. The number of hydrogen-bond acceptors (Lipinski definition) is 2. The molecule has 0 amide bonds. The third-order valence-corrected chi connectivity index (χ3v) is 3.83. The smallest absolute Gasteiger partial charge is 0.174 e. The molecule has 0 aromatic heterocycles. The van der Waals surface area contributed by atoms with Gasteiger partial charge >= 0.3 is 0 Å². The van der Waals surface area contributed by atoms with Crippen molar-refractivity contribution in [2.45, 2.75) is 19.1 Å². The highest BCUT2D eigenvalue weighted by Crippen LogP contribution is 2.22. The molecule has 1 aliphatic rings. The maximum Gasteiger partial charge on any atom is 0.174 e. The molecule has 9 heavy (non-hydrogen) atoms. The number of hydrogen-bond donors (Lipinski definition) is 0. The Morgan fingerprint density at radius 1 is 1.33 bits per heavy atom. The maximum atomic E-state index is 10.9. The fourth-order valence-electron chi connectivity index (χ4n) is 0.813. The van der Waals surface area contributed by atoms with Crippen LogP contribution >= 0.6 is 0 Å². The molecule has 3 heteroatoms. The Kier molecular flexibility index (Phi) is 1.39. The molecule has 1 aliphatic heterocycles. The molecule has 0 fully saturated rings. The normalized spacial score (nSPS) is 39.3. The van der Waals surface area contributed by atoms with Crippen LogP contribution in [0.4, 0.5) is 0 Å². The zero-order valence-corrected chi connectivity index (χ0v) is 6.35. The summed E-state index contributed by atoms with van der Waals surface area (Å²) in [5, 5.41) is 1.10. The van der Waals surface area contributed by atoms with Crippen molar-refractivity contribution in [1.29, 1.82) is 0 Å². The van der Waals surface area contributed by atoms with Crippen molar-refractivity contribution in [3.63, 3.8) is 0 Å². The second-order valence-corrected chi connectivity index (χ2v) is 4.68. The Morgan fingerprint density at radius 2 is 1.89 bits per heavy atom. The molecule has 0 aromatic carbocycles. The van der Waals surface area contributed by atoms with Crippen LogP contribution < -0.4 is 0 Å². The SMILES string of the molecule is CC1C=CS(=O)(=O)C1C. The highest BCUT2D eigenvalue weighted by atomic mass is 32.2. The van der Waals surface area contributed by atoms with Crippen molar-refractivity contribution in [2.75, 3.05) is 0 Å². The van der Waals surface area contributed by atoms with E-state index in [1.165, 1.54) is 5.41 Å². The first-order chi connectivity index (χ1) is 4.04. The number of rotatable bonds is 0. The number of sulfone groups is 1. The summed E-state index contributed by atoms with van der Waals surface area (Å²) in [5.41, 5.74) is 0. The Balaban J connectivity index is 3.01. The second kappa shape index (κ2) is 1.84. The van der Waals surface area contributed by atoms with E-state index >= 15 is 0 Å². The maximum absolute atomic E-state index is 10.9. The Labute approximate surface area is 55.5 Å². The lowest BCUT2D eigenvalue weighted by Gasteiger charge is -2.05. The largest absolute Gasteiger partial charge is 0.224 e. The van der Waals surface area contributed by atoms with Gasteiger partial charge in [-0.05, 0) is 12.8 Å². The molecule has 2 atom stereocenters. The molecule has 1 rings (SSSR count). The minimum atomic E-state index is -2.85. The van der Waals surface area contributed by atoms with Crippen molar-refractivity contribution in [3.8, 4) is 0 Å². The van der Waals surface area contributed by atoms with Gasteiger partial charge in [0.2, 0.25) is 0 Å². The van der Waals surface area contributed by atoms with Crippen LogP contribution in [0.15, 0.2) is 11.5 Å². The molecule has 2 unspecified atom stereocenters. The molecule has 0 bridgehead atoms. The summed E-state index contributed by atoms with van der Waals surface area (Å²) < 4.78 is 21.8. The van der Waals surface area contributed by atoms with Crippen LogP contribution in [-0.4, -0.2) is 13.7 Å². The first kappa shape index (κ1) is 6.81. The average Bonchev–Trinajstić information content (AvgIpc) is 1.97. The lowest BCUT2D eigenvalue weighted by molar-refractivity contribution is 0.580. The van der Waals surface area contributed by atoms with E-state index in [0.29, 0.717) is 0 Å². The van der Waals surface area contributed by atoms with Crippen molar-refractivity contribution in [2.24, 2.45) is 5.92 Å². The van der Waals surface area contributed by atoms with Crippen LogP contribution in [0.25, 0.3) is 0 Å². The summed E-state index contributed by atoms with van der Waals surface area (Å²) in [6.07, 6.45) is 1.74. The standard InChI is InChI=1S/C6H10O2S/c1-5-3-4-9(7,8)6(5)2/h3-6H,1-2H3. The van der Waals surface area contributed by atoms with Gasteiger partial charge in [-0.15, -0.1) is 0 Å². The van der Waals surface area contributed by atoms with E-state index in [2.05, 4.69) is 0 Å². The van der Waals surface area contributed by atoms with E-state index in [1.807, 2.05) is 6.92 Å². The lowest BCUT2D eigenvalue weighted by Crippen LogP contribution is -2.15. The molecular formula is C6H10O2S. The molecular weight excluding hydrogens is 136 g/mol. The fraction of sp³-hybridized carbons (Fsp3) is 0.667. The molecule has 2 nitrogen and oxygen atoms in total. The summed E-state index contributed by atoms with van der Waals surface area (Å²) in [6, 6.07) is 0. The molecule has 0 saturated heterocycles. The summed E-state index contributed by atoms with van der Waals surface area (Å²) in [4.78, 5) is 0. The predicted molar refractivity (Wildman–Crippen MR) is 36.7 cm³/mol. The summed E-state index contributed by atoms with van der Waals surface area (Å²) in [7, 11) is -2.85. The zero-order chi connectivity index (χ0) is 7.07. The van der Waals surface area contributed by atoms with Gasteiger partial charge in [0.1, 0.15) is 0 Å². The highest BCUT2D eigenvalue weighted by Gasteiger charge is 2.27. The topological polar surface area (TPSA) is 34.1 Å².